The van der Waals surface area contributed by atoms with Crippen LogP contribution in [0, 0.1) is 11.3 Å². The van der Waals surface area contributed by atoms with Crippen LogP contribution >= 0.6 is 0 Å². The SMILES string of the molecule is CN=C(NCC1CCCO1)NC1C2CCCOC2C1(C)C. The molecule has 4 unspecified atom stereocenters. The van der Waals surface area contributed by atoms with Gasteiger partial charge in [-0.1, -0.05) is 13.8 Å². The topological polar surface area (TPSA) is 54.9 Å². The van der Waals surface area contributed by atoms with Crippen molar-refractivity contribution in [1.29, 1.82) is 0 Å². The zero-order valence-corrected chi connectivity index (χ0v) is 13.5. The molecule has 3 aliphatic rings. The molecule has 1 aliphatic carbocycles. The van der Waals surface area contributed by atoms with E-state index in [2.05, 4.69) is 29.5 Å². The normalized spacial score (nSPS) is 38.5. The van der Waals surface area contributed by atoms with E-state index >= 15 is 0 Å². The standard InChI is InChI=1S/C16H29N3O2/c1-16(2)13(12-7-5-9-21-14(12)16)19-15(17-3)18-10-11-6-4-8-20-11/h11-14H,4-10H2,1-3H3,(H2,17,18,19). The molecule has 3 fully saturated rings. The fourth-order valence-electron chi connectivity index (χ4n) is 4.17. The number of rotatable bonds is 3. The molecule has 120 valence electrons. The highest BCUT2D eigenvalue weighted by Crippen LogP contribution is 2.51. The van der Waals surface area contributed by atoms with Crippen molar-refractivity contribution in [2.75, 3.05) is 26.8 Å². The maximum absolute atomic E-state index is 5.96. The molecule has 0 aromatic rings. The molecular weight excluding hydrogens is 266 g/mol. The maximum atomic E-state index is 5.96. The van der Waals surface area contributed by atoms with Gasteiger partial charge in [-0.25, -0.2) is 0 Å². The van der Waals surface area contributed by atoms with Crippen LogP contribution in [-0.2, 0) is 9.47 Å². The molecular formula is C16H29N3O2. The van der Waals surface area contributed by atoms with Gasteiger partial charge in [0.2, 0.25) is 0 Å². The first kappa shape index (κ1) is 15.1. The quantitative estimate of drug-likeness (QED) is 0.612. The zero-order chi connectivity index (χ0) is 14.9. The molecule has 4 atom stereocenters. The Hall–Kier alpha value is -0.810. The van der Waals surface area contributed by atoms with Crippen molar-refractivity contribution in [3.05, 3.63) is 0 Å². The maximum Gasteiger partial charge on any atom is 0.191 e. The fraction of sp³-hybridized carbons (Fsp3) is 0.938. The van der Waals surface area contributed by atoms with Crippen molar-refractivity contribution in [2.24, 2.45) is 16.3 Å². The molecule has 2 N–H and O–H groups in total. The van der Waals surface area contributed by atoms with Crippen LogP contribution in [0.4, 0.5) is 0 Å². The third-order valence-electron chi connectivity index (χ3n) is 5.37. The third-order valence-corrected chi connectivity index (χ3v) is 5.37. The molecule has 1 saturated carbocycles. The molecule has 5 heteroatoms. The van der Waals surface area contributed by atoms with Crippen LogP contribution in [0.25, 0.3) is 0 Å². The average Bonchev–Trinajstić information content (AvgIpc) is 3.00. The van der Waals surface area contributed by atoms with E-state index in [-0.39, 0.29) is 5.41 Å². The fourth-order valence-corrected chi connectivity index (χ4v) is 4.17. The highest BCUT2D eigenvalue weighted by Gasteiger charge is 2.58. The average molecular weight is 295 g/mol. The second-order valence-corrected chi connectivity index (χ2v) is 7.13. The molecule has 5 nitrogen and oxygen atoms in total. The summed E-state index contributed by atoms with van der Waals surface area (Å²) in [6.07, 6.45) is 5.50. The molecule has 0 bridgehead atoms. The van der Waals surface area contributed by atoms with E-state index in [1.807, 2.05) is 7.05 Å². The zero-order valence-electron chi connectivity index (χ0n) is 13.5. The summed E-state index contributed by atoms with van der Waals surface area (Å²) in [7, 11) is 1.84. The first-order valence-electron chi connectivity index (χ1n) is 8.33. The van der Waals surface area contributed by atoms with Gasteiger partial charge in [-0.05, 0) is 25.7 Å². The Kier molecular flexibility index (Phi) is 4.41. The predicted molar refractivity (Wildman–Crippen MR) is 83.5 cm³/mol. The molecule has 2 heterocycles. The lowest BCUT2D eigenvalue weighted by Gasteiger charge is -2.60. The Labute approximate surface area is 127 Å². The van der Waals surface area contributed by atoms with Crippen LogP contribution < -0.4 is 10.6 Å². The van der Waals surface area contributed by atoms with Crippen LogP contribution in [0.1, 0.15) is 39.5 Å². The molecule has 21 heavy (non-hydrogen) atoms. The Morgan fingerprint density at radius 2 is 1.95 bits per heavy atom. The Balaban J connectivity index is 1.53. The van der Waals surface area contributed by atoms with Crippen molar-refractivity contribution in [2.45, 2.75) is 57.8 Å². The summed E-state index contributed by atoms with van der Waals surface area (Å²) < 4.78 is 11.6. The molecule has 0 radical (unpaired) electrons. The van der Waals surface area contributed by atoms with Gasteiger partial charge in [0.1, 0.15) is 0 Å². The van der Waals surface area contributed by atoms with E-state index in [0.717, 1.165) is 32.1 Å². The number of hydrogen-bond acceptors (Lipinski definition) is 3. The molecule has 0 spiro atoms. The van der Waals surface area contributed by atoms with Gasteiger partial charge < -0.3 is 20.1 Å². The summed E-state index contributed by atoms with van der Waals surface area (Å²) >= 11 is 0. The van der Waals surface area contributed by atoms with Gasteiger partial charge in [-0.15, -0.1) is 0 Å². The van der Waals surface area contributed by atoms with Crippen molar-refractivity contribution in [1.82, 2.24) is 10.6 Å². The number of guanidine groups is 1. The number of ether oxygens (including phenoxy) is 2. The van der Waals surface area contributed by atoms with Crippen molar-refractivity contribution in [3.8, 4) is 0 Å². The van der Waals surface area contributed by atoms with Crippen LogP contribution in [0.15, 0.2) is 4.99 Å². The summed E-state index contributed by atoms with van der Waals surface area (Å²) in [5.74, 6) is 1.52. The van der Waals surface area contributed by atoms with Gasteiger partial charge in [0, 0.05) is 44.2 Å². The number of hydrogen-bond donors (Lipinski definition) is 2. The smallest absolute Gasteiger partial charge is 0.191 e. The summed E-state index contributed by atoms with van der Waals surface area (Å²) in [5.41, 5.74) is 0.173. The predicted octanol–water partition coefficient (Wildman–Crippen LogP) is 1.53. The lowest BCUT2D eigenvalue weighted by Crippen LogP contribution is -2.71. The molecule has 0 amide bonds. The van der Waals surface area contributed by atoms with E-state index in [4.69, 9.17) is 9.47 Å². The van der Waals surface area contributed by atoms with Gasteiger partial charge in [-0.2, -0.15) is 0 Å². The van der Waals surface area contributed by atoms with Gasteiger partial charge in [0.25, 0.3) is 0 Å². The monoisotopic (exact) mass is 295 g/mol. The second kappa shape index (κ2) is 6.13. The van der Waals surface area contributed by atoms with Gasteiger partial charge >= 0.3 is 0 Å². The lowest BCUT2D eigenvalue weighted by atomic mass is 9.55. The number of nitrogens with zero attached hydrogens (tertiary/aromatic N) is 1. The Morgan fingerprint density at radius 1 is 1.19 bits per heavy atom. The number of aliphatic imine (C=N–C) groups is 1. The molecule has 3 rings (SSSR count). The van der Waals surface area contributed by atoms with Gasteiger partial charge in [-0.3, -0.25) is 4.99 Å². The summed E-state index contributed by atoms with van der Waals surface area (Å²) in [6.45, 7) is 7.25. The summed E-state index contributed by atoms with van der Waals surface area (Å²) in [4.78, 5) is 4.37. The Morgan fingerprint density at radius 3 is 2.67 bits per heavy atom. The van der Waals surface area contributed by atoms with E-state index < -0.39 is 0 Å². The van der Waals surface area contributed by atoms with Crippen molar-refractivity contribution < 1.29 is 9.47 Å². The van der Waals surface area contributed by atoms with E-state index in [1.54, 1.807) is 0 Å². The first-order chi connectivity index (χ1) is 10.1. The summed E-state index contributed by atoms with van der Waals surface area (Å²) in [5, 5.41) is 7.04. The van der Waals surface area contributed by atoms with E-state index in [1.165, 1.54) is 19.3 Å². The second-order valence-electron chi connectivity index (χ2n) is 7.13. The van der Waals surface area contributed by atoms with Crippen LogP contribution in [0.3, 0.4) is 0 Å². The Bertz CT molecular complexity index is 391. The largest absolute Gasteiger partial charge is 0.377 e. The molecule has 2 aliphatic heterocycles. The van der Waals surface area contributed by atoms with Crippen molar-refractivity contribution in [3.63, 3.8) is 0 Å². The van der Waals surface area contributed by atoms with Crippen molar-refractivity contribution >= 4 is 5.96 Å². The summed E-state index contributed by atoms with van der Waals surface area (Å²) in [6, 6.07) is 0.443. The highest BCUT2D eigenvalue weighted by atomic mass is 16.5. The minimum absolute atomic E-state index is 0.173. The van der Waals surface area contributed by atoms with Crippen LogP contribution in [0.2, 0.25) is 0 Å². The van der Waals surface area contributed by atoms with E-state index in [9.17, 15) is 0 Å². The minimum Gasteiger partial charge on any atom is -0.377 e. The number of nitrogens with one attached hydrogen (secondary N) is 2. The van der Waals surface area contributed by atoms with E-state index in [0.29, 0.717) is 24.2 Å². The lowest BCUT2D eigenvalue weighted by molar-refractivity contribution is -0.188. The molecule has 2 saturated heterocycles. The first-order valence-corrected chi connectivity index (χ1v) is 8.33. The van der Waals surface area contributed by atoms with Crippen LogP contribution in [-0.4, -0.2) is 51.0 Å². The van der Waals surface area contributed by atoms with Gasteiger partial charge in [0.15, 0.2) is 5.96 Å². The molecule has 0 aromatic heterocycles. The van der Waals surface area contributed by atoms with Crippen LogP contribution in [0.5, 0.6) is 0 Å². The van der Waals surface area contributed by atoms with Gasteiger partial charge in [0.05, 0.1) is 12.2 Å². The molecule has 0 aromatic carbocycles. The third kappa shape index (κ3) is 2.90. The number of fused-ring (bicyclic) bond motifs is 1. The highest BCUT2D eigenvalue weighted by molar-refractivity contribution is 5.80. The minimum atomic E-state index is 0.173.